The van der Waals surface area contributed by atoms with Crippen LogP contribution in [-0.4, -0.2) is 18.2 Å². The maximum atomic E-state index is 12.6. The van der Waals surface area contributed by atoms with Gasteiger partial charge in [-0.3, -0.25) is 9.59 Å². The minimum Gasteiger partial charge on any atom is -0.398 e. The van der Waals surface area contributed by atoms with Crippen LogP contribution in [0.1, 0.15) is 37.4 Å². The van der Waals surface area contributed by atoms with E-state index in [1.807, 2.05) is 13.0 Å². The van der Waals surface area contributed by atoms with Gasteiger partial charge in [-0.25, -0.2) is 0 Å². The van der Waals surface area contributed by atoms with Gasteiger partial charge in [-0.05, 0) is 36.6 Å². The van der Waals surface area contributed by atoms with Gasteiger partial charge >= 0.3 is 0 Å². The van der Waals surface area contributed by atoms with E-state index >= 15 is 0 Å². The molecule has 0 fully saturated rings. The molecule has 0 aliphatic carbocycles. The van der Waals surface area contributed by atoms with E-state index in [1.54, 1.807) is 30.3 Å². The van der Waals surface area contributed by atoms with Crippen LogP contribution in [0.25, 0.3) is 0 Å². The highest BCUT2D eigenvalue weighted by molar-refractivity contribution is 6.11. The van der Waals surface area contributed by atoms with Gasteiger partial charge in [0.05, 0.1) is 0 Å². The molecule has 2 aromatic rings. The lowest BCUT2D eigenvalue weighted by atomic mass is 9.93. The summed E-state index contributed by atoms with van der Waals surface area (Å²) in [7, 11) is 0. The number of rotatable bonds is 2. The monoisotopic (exact) mass is 280 g/mol. The molecule has 0 saturated carbocycles. The minimum absolute atomic E-state index is 0.110. The Bertz CT molecular complexity index is 750. The lowest BCUT2D eigenvalue weighted by Crippen LogP contribution is -2.32. The van der Waals surface area contributed by atoms with Crippen LogP contribution in [0.15, 0.2) is 36.4 Å². The molecule has 3 rings (SSSR count). The zero-order valence-corrected chi connectivity index (χ0v) is 11.8. The molecule has 0 aromatic heterocycles. The summed E-state index contributed by atoms with van der Waals surface area (Å²) in [6.45, 7) is 2.47. The van der Waals surface area contributed by atoms with Crippen LogP contribution in [0.3, 0.4) is 0 Å². The van der Waals surface area contributed by atoms with Crippen molar-refractivity contribution in [3.63, 3.8) is 0 Å². The second-order valence-corrected chi connectivity index (χ2v) is 5.23. The lowest BCUT2D eigenvalue weighted by molar-refractivity contribution is 0.0946. The maximum Gasteiger partial charge on any atom is 0.251 e. The normalized spacial score (nSPS) is 13.5. The predicted octanol–water partition coefficient (Wildman–Crippen LogP) is 2.09. The van der Waals surface area contributed by atoms with E-state index in [-0.39, 0.29) is 11.7 Å². The van der Waals surface area contributed by atoms with E-state index in [1.165, 1.54) is 0 Å². The van der Waals surface area contributed by atoms with Crippen LogP contribution in [0.4, 0.5) is 5.69 Å². The second-order valence-electron chi connectivity index (χ2n) is 5.23. The number of hydrogen-bond acceptors (Lipinski definition) is 3. The van der Waals surface area contributed by atoms with Crippen LogP contribution < -0.4 is 11.1 Å². The number of ketones is 1. The van der Waals surface area contributed by atoms with E-state index in [4.69, 9.17) is 5.73 Å². The Morgan fingerprint density at radius 2 is 2.05 bits per heavy atom. The van der Waals surface area contributed by atoms with Gasteiger partial charge in [0.15, 0.2) is 5.78 Å². The topological polar surface area (TPSA) is 72.2 Å². The van der Waals surface area contributed by atoms with Gasteiger partial charge < -0.3 is 11.1 Å². The molecule has 0 spiro atoms. The molecule has 0 radical (unpaired) electrons. The van der Waals surface area contributed by atoms with E-state index in [0.29, 0.717) is 28.9 Å². The summed E-state index contributed by atoms with van der Waals surface area (Å²) < 4.78 is 0. The molecule has 1 heterocycles. The van der Waals surface area contributed by atoms with Gasteiger partial charge in [-0.1, -0.05) is 24.3 Å². The Hall–Kier alpha value is -2.62. The number of nitrogen functional groups attached to an aromatic ring is 1. The number of carbonyl (C=O) groups is 2. The molecular weight excluding hydrogens is 264 g/mol. The van der Waals surface area contributed by atoms with Crippen molar-refractivity contribution in [2.45, 2.75) is 13.3 Å². The summed E-state index contributed by atoms with van der Waals surface area (Å²) in [5.41, 5.74) is 9.88. The number of anilines is 1. The highest BCUT2D eigenvalue weighted by atomic mass is 16.1. The van der Waals surface area contributed by atoms with Crippen molar-refractivity contribution in [2.24, 2.45) is 0 Å². The number of nitrogens with one attached hydrogen (secondary N) is 1. The molecule has 1 aliphatic heterocycles. The molecule has 1 aliphatic rings. The zero-order chi connectivity index (χ0) is 15.0. The Morgan fingerprint density at radius 3 is 2.86 bits per heavy atom. The van der Waals surface area contributed by atoms with Gasteiger partial charge in [0.2, 0.25) is 0 Å². The summed E-state index contributed by atoms with van der Waals surface area (Å²) in [5, 5.41) is 2.79. The van der Waals surface area contributed by atoms with Crippen LogP contribution in [0.2, 0.25) is 0 Å². The standard InChI is InChI=1S/C17H16N2O2/c1-10-13(3-2-4-15(10)18)16(20)12-6-5-11-7-8-19-17(21)14(11)9-12/h2-6,9H,7-8,18H2,1H3,(H,19,21). The van der Waals surface area contributed by atoms with Gasteiger partial charge in [0.1, 0.15) is 0 Å². The highest BCUT2D eigenvalue weighted by Gasteiger charge is 2.20. The Kier molecular flexibility index (Phi) is 3.22. The summed E-state index contributed by atoms with van der Waals surface area (Å²) in [4.78, 5) is 24.5. The molecule has 4 nitrogen and oxygen atoms in total. The van der Waals surface area contributed by atoms with Crippen molar-refractivity contribution < 1.29 is 9.59 Å². The fourth-order valence-electron chi connectivity index (χ4n) is 2.61. The molecule has 0 bridgehead atoms. The molecule has 21 heavy (non-hydrogen) atoms. The smallest absolute Gasteiger partial charge is 0.251 e. The van der Waals surface area contributed by atoms with Crippen molar-refractivity contribution in [1.29, 1.82) is 0 Å². The first-order valence-corrected chi connectivity index (χ1v) is 6.89. The van der Waals surface area contributed by atoms with E-state index in [0.717, 1.165) is 17.5 Å². The number of fused-ring (bicyclic) bond motifs is 1. The van der Waals surface area contributed by atoms with E-state index < -0.39 is 0 Å². The minimum atomic E-state index is -0.116. The molecule has 1 amide bonds. The number of carbonyl (C=O) groups excluding carboxylic acids is 2. The summed E-state index contributed by atoms with van der Waals surface area (Å²) in [5.74, 6) is -0.226. The van der Waals surface area contributed by atoms with Gasteiger partial charge in [-0.15, -0.1) is 0 Å². The van der Waals surface area contributed by atoms with Crippen molar-refractivity contribution in [2.75, 3.05) is 12.3 Å². The molecule has 0 unspecified atom stereocenters. The van der Waals surface area contributed by atoms with Crippen LogP contribution in [0, 0.1) is 6.92 Å². The van der Waals surface area contributed by atoms with Gasteiger partial charge in [0, 0.05) is 28.9 Å². The number of hydrogen-bond donors (Lipinski definition) is 2. The lowest BCUT2D eigenvalue weighted by Gasteiger charge is -2.17. The fourth-order valence-corrected chi connectivity index (χ4v) is 2.61. The summed E-state index contributed by atoms with van der Waals surface area (Å²) in [6, 6.07) is 10.6. The molecule has 2 aromatic carbocycles. The first-order chi connectivity index (χ1) is 10.1. The van der Waals surface area contributed by atoms with Crippen LogP contribution in [0.5, 0.6) is 0 Å². The Morgan fingerprint density at radius 1 is 1.24 bits per heavy atom. The van der Waals surface area contributed by atoms with Crippen LogP contribution in [-0.2, 0) is 6.42 Å². The van der Waals surface area contributed by atoms with Crippen LogP contribution >= 0.6 is 0 Å². The van der Waals surface area contributed by atoms with Gasteiger partial charge in [-0.2, -0.15) is 0 Å². The average molecular weight is 280 g/mol. The SMILES string of the molecule is Cc1c(N)cccc1C(=O)c1ccc2c(c1)C(=O)NCC2. The molecule has 106 valence electrons. The summed E-state index contributed by atoms with van der Waals surface area (Å²) in [6.07, 6.45) is 0.798. The largest absolute Gasteiger partial charge is 0.398 e. The number of nitrogens with two attached hydrogens (primary N) is 1. The highest BCUT2D eigenvalue weighted by Crippen LogP contribution is 2.22. The summed E-state index contributed by atoms with van der Waals surface area (Å²) >= 11 is 0. The third kappa shape index (κ3) is 2.29. The molecule has 0 saturated heterocycles. The molecular formula is C17H16N2O2. The third-order valence-corrected chi connectivity index (χ3v) is 3.92. The van der Waals surface area contributed by atoms with Crippen molar-refractivity contribution >= 4 is 17.4 Å². The average Bonchev–Trinajstić information content (AvgIpc) is 2.49. The molecule has 4 heteroatoms. The zero-order valence-electron chi connectivity index (χ0n) is 11.8. The van der Waals surface area contributed by atoms with Gasteiger partial charge in [0.25, 0.3) is 5.91 Å². The number of benzene rings is 2. The van der Waals surface area contributed by atoms with E-state index in [9.17, 15) is 9.59 Å². The Balaban J connectivity index is 2.05. The van der Waals surface area contributed by atoms with Crippen molar-refractivity contribution in [3.05, 3.63) is 64.2 Å². The van der Waals surface area contributed by atoms with Crippen molar-refractivity contribution in [1.82, 2.24) is 5.32 Å². The molecule has 3 N–H and O–H groups in total. The van der Waals surface area contributed by atoms with E-state index in [2.05, 4.69) is 5.32 Å². The Labute approximate surface area is 123 Å². The fraction of sp³-hybridized carbons (Fsp3) is 0.176. The maximum absolute atomic E-state index is 12.6. The first-order valence-electron chi connectivity index (χ1n) is 6.89. The molecule has 0 atom stereocenters. The second kappa shape index (κ2) is 5.05. The first kappa shape index (κ1) is 13.4. The van der Waals surface area contributed by atoms with Crippen molar-refractivity contribution in [3.8, 4) is 0 Å². The number of amides is 1. The quantitative estimate of drug-likeness (QED) is 0.653. The third-order valence-electron chi connectivity index (χ3n) is 3.92. The predicted molar refractivity (Wildman–Crippen MR) is 81.5 cm³/mol.